The van der Waals surface area contributed by atoms with Gasteiger partial charge in [0, 0.05) is 41.2 Å². The number of aromatic nitrogens is 1. The van der Waals surface area contributed by atoms with Crippen molar-refractivity contribution in [2.45, 2.75) is 45.6 Å². The van der Waals surface area contributed by atoms with E-state index in [9.17, 15) is 9.90 Å². The fraction of sp³-hybridized carbons (Fsp3) is 0.526. The van der Waals surface area contributed by atoms with Gasteiger partial charge < -0.3 is 14.6 Å². The topological polar surface area (TPSA) is 45.5 Å². The quantitative estimate of drug-likeness (QED) is 0.723. The third-order valence-electron chi connectivity index (χ3n) is 5.31. The Morgan fingerprint density at radius 2 is 2.00 bits per heavy atom. The number of hydrogen-bond donors (Lipinski definition) is 1. The van der Waals surface area contributed by atoms with Crippen LogP contribution >= 0.6 is 15.9 Å². The first kappa shape index (κ1) is 17.3. The summed E-state index contributed by atoms with van der Waals surface area (Å²) < 4.78 is 3.34. The second kappa shape index (κ2) is 6.10. The molecule has 1 aromatic carbocycles. The predicted octanol–water partition coefficient (Wildman–Crippen LogP) is 5.21. The Kier molecular flexibility index (Phi) is 4.41. The normalized spacial score (nSPS) is 22.1. The Balaban J connectivity index is 1.96. The summed E-state index contributed by atoms with van der Waals surface area (Å²) in [7, 11) is 2.11. The summed E-state index contributed by atoms with van der Waals surface area (Å²) in [6.45, 7) is 7.00. The van der Waals surface area contributed by atoms with Gasteiger partial charge in [-0.15, -0.1) is 0 Å². The predicted molar refractivity (Wildman–Crippen MR) is 101 cm³/mol. The fourth-order valence-corrected chi connectivity index (χ4v) is 4.35. The molecule has 2 heterocycles. The molecular formula is C19H25BrN2O2. The van der Waals surface area contributed by atoms with Crippen LogP contribution in [-0.4, -0.2) is 33.3 Å². The molecule has 3 rings (SSSR count). The van der Waals surface area contributed by atoms with Crippen LogP contribution in [-0.2, 0) is 7.05 Å². The summed E-state index contributed by atoms with van der Waals surface area (Å²) in [6.07, 6.45) is 0.958. The monoisotopic (exact) mass is 392 g/mol. The summed E-state index contributed by atoms with van der Waals surface area (Å²) >= 11 is 3.55. The van der Waals surface area contributed by atoms with Crippen LogP contribution in [0.4, 0.5) is 4.79 Å². The van der Waals surface area contributed by atoms with E-state index in [-0.39, 0.29) is 11.5 Å². The van der Waals surface area contributed by atoms with Gasteiger partial charge >= 0.3 is 6.09 Å². The van der Waals surface area contributed by atoms with Gasteiger partial charge in [-0.3, -0.25) is 0 Å². The number of nitrogens with zero attached hydrogens (tertiary/aromatic N) is 2. The van der Waals surface area contributed by atoms with Gasteiger partial charge in [0.25, 0.3) is 0 Å². The molecule has 1 aliphatic rings. The molecular weight excluding hydrogens is 368 g/mol. The van der Waals surface area contributed by atoms with E-state index in [4.69, 9.17) is 0 Å². The number of hydrogen-bond acceptors (Lipinski definition) is 1. The lowest BCUT2D eigenvalue weighted by atomic mass is 9.76. The molecule has 4 nitrogen and oxygen atoms in total. The zero-order valence-corrected chi connectivity index (χ0v) is 16.3. The first-order valence-corrected chi connectivity index (χ1v) is 9.22. The molecule has 0 spiro atoms. The van der Waals surface area contributed by atoms with Crippen LogP contribution in [0.1, 0.15) is 45.2 Å². The average Bonchev–Trinajstić information content (AvgIpc) is 2.82. The molecule has 1 aliphatic heterocycles. The number of carboxylic acid groups (broad SMARTS) is 1. The number of benzene rings is 1. The van der Waals surface area contributed by atoms with Crippen molar-refractivity contribution in [2.75, 3.05) is 6.54 Å². The lowest BCUT2D eigenvalue weighted by molar-refractivity contribution is 0.0518. The minimum Gasteiger partial charge on any atom is -0.465 e. The fourth-order valence-electron chi connectivity index (χ4n) is 4.00. The summed E-state index contributed by atoms with van der Waals surface area (Å²) in [4.78, 5) is 13.3. The molecule has 0 bridgehead atoms. The van der Waals surface area contributed by atoms with E-state index in [1.54, 1.807) is 4.90 Å². The first-order valence-electron chi connectivity index (χ1n) is 8.43. The molecule has 5 heteroatoms. The second-order valence-corrected chi connectivity index (χ2v) is 8.83. The molecule has 2 aromatic rings. The summed E-state index contributed by atoms with van der Waals surface area (Å²) in [5, 5.41) is 10.8. The Morgan fingerprint density at radius 3 is 2.62 bits per heavy atom. The SMILES string of the molecule is Cn1c(C2CCN(C(=O)O)C(C(C)(C)C)C2)cc2ccc(Br)cc21. The number of carbonyl (C=O) groups is 1. The standard InChI is InChI=1S/C19H25BrN2O2/c1-19(2,3)17-10-13(7-8-22(17)18(23)24)15-9-12-5-6-14(20)11-16(12)21(15)4/h5-6,9,11,13,17H,7-8,10H2,1-4H3,(H,23,24). The minimum atomic E-state index is -0.797. The highest BCUT2D eigenvalue weighted by molar-refractivity contribution is 9.10. The summed E-state index contributed by atoms with van der Waals surface area (Å²) in [5.74, 6) is 0.390. The van der Waals surface area contributed by atoms with Gasteiger partial charge in [0.2, 0.25) is 0 Å². The Hall–Kier alpha value is -1.49. The summed E-state index contributed by atoms with van der Waals surface area (Å²) in [6, 6.07) is 8.65. The van der Waals surface area contributed by atoms with Gasteiger partial charge in [-0.1, -0.05) is 42.8 Å². The zero-order chi connectivity index (χ0) is 17.6. The highest BCUT2D eigenvalue weighted by Gasteiger charge is 2.39. The molecule has 24 heavy (non-hydrogen) atoms. The van der Waals surface area contributed by atoms with Crippen molar-refractivity contribution in [3.05, 3.63) is 34.4 Å². The van der Waals surface area contributed by atoms with Crippen LogP contribution in [0.2, 0.25) is 0 Å². The number of halogens is 1. The van der Waals surface area contributed by atoms with E-state index < -0.39 is 6.09 Å². The van der Waals surface area contributed by atoms with Crippen LogP contribution < -0.4 is 0 Å². The van der Waals surface area contributed by atoms with Gasteiger partial charge in [-0.25, -0.2) is 4.79 Å². The smallest absolute Gasteiger partial charge is 0.407 e. The van der Waals surface area contributed by atoms with Crippen LogP contribution in [0.15, 0.2) is 28.7 Å². The maximum absolute atomic E-state index is 11.6. The Labute approximate surface area is 151 Å². The highest BCUT2D eigenvalue weighted by Crippen LogP contribution is 2.40. The molecule has 1 aromatic heterocycles. The molecule has 1 saturated heterocycles. The molecule has 1 amide bonds. The van der Waals surface area contributed by atoms with E-state index in [2.05, 4.69) is 72.6 Å². The van der Waals surface area contributed by atoms with E-state index in [0.29, 0.717) is 12.5 Å². The van der Waals surface area contributed by atoms with Crippen molar-refractivity contribution >= 4 is 32.9 Å². The molecule has 2 unspecified atom stereocenters. The molecule has 0 aliphatic carbocycles. The number of likely N-dealkylation sites (tertiary alicyclic amines) is 1. The van der Waals surface area contributed by atoms with Gasteiger partial charge in [0.15, 0.2) is 0 Å². The number of rotatable bonds is 1. The van der Waals surface area contributed by atoms with Crippen molar-refractivity contribution in [1.82, 2.24) is 9.47 Å². The largest absolute Gasteiger partial charge is 0.465 e. The van der Waals surface area contributed by atoms with Crippen LogP contribution in [0, 0.1) is 5.41 Å². The highest BCUT2D eigenvalue weighted by atomic mass is 79.9. The molecule has 130 valence electrons. The number of amides is 1. The molecule has 1 fully saturated rings. The van der Waals surface area contributed by atoms with Crippen molar-refractivity contribution < 1.29 is 9.90 Å². The third-order valence-corrected chi connectivity index (χ3v) is 5.80. The number of piperidine rings is 1. The maximum Gasteiger partial charge on any atom is 0.407 e. The van der Waals surface area contributed by atoms with Crippen molar-refractivity contribution in [3.8, 4) is 0 Å². The lowest BCUT2D eigenvalue weighted by Gasteiger charge is -2.44. The third kappa shape index (κ3) is 3.06. The van der Waals surface area contributed by atoms with E-state index >= 15 is 0 Å². The van der Waals surface area contributed by atoms with Crippen molar-refractivity contribution in [1.29, 1.82) is 0 Å². The van der Waals surface area contributed by atoms with E-state index in [0.717, 1.165) is 17.3 Å². The van der Waals surface area contributed by atoms with Crippen LogP contribution in [0.3, 0.4) is 0 Å². The first-order chi connectivity index (χ1) is 11.2. The van der Waals surface area contributed by atoms with Gasteiger partial charge in [-0.2, -0.15) is 0 Å². The van der Waals surface area contributed by atoms with Crippen molar-refractivity contribution in [3.63, 3.8) is 0 Å². The maximum atomic E-state index is 11.6. The average molecular weight is 393 g/mol. The van der Waals surface area contributed by atoms with Gasteiger partial charge in [0.05, 0.1) is 0 Å². The molecule has 0 saturated carbocycles. The van der Waals surface area contributed by atoms with Gasteiger partial charge in [0.1, 0.15) is 0 Å². The Morgan fingerprint density at radius 1 is 1.29 bits per heavy atom. The zero-order valence-electron chi connectivity index (χ0n) is 14.7. The molecule has 0 radical (unpaired) electrons. The van der Waals surface area contributed by atoms with Crippen LogP contribution in [0.25, 0.3) is 10.9 Å². The van der Waals surface area contributed by atoms with Gasteiger partial charge in [-0.05, 0) is 41.8 Å². The molecule has 2 atom stereocenters. The number of aryl methyl sites for hydroxylation is 1. The van der Waals surface area contributed by atoms with Crippen molar-refractivity contribution in [2.24, 2.45) is 12.5 Å². The van der Waals surface area contributed by atoms with E-state index in [1.807, 2.05) is 0 Å². The van der Waals surface area contributed by atoms with Crippen LogP contribution in [0.5, 0.6) is 0 Å². The number of fused-ring (bicyclic) bond motifs is 1. The summed E-state index contributed by atoms with van der Waals surface area (Å²) in [5.41, 5.74) is 2.46. The van der Waals surface area contributed by atoms with E-state index in [1.165, 1.54) is 16.6 Å². The minimum absolute atomic E-state index is 0.0403. The molecule has 1 N–H and O–H groups in total. The lowest BCUT2D eigenvalue weighted by Crippen LogP contribution is -2.51. The second-order valence-electron chi connectivity index (χ2n) is 7.91. The Bertz CT molecular complexity index is 776.